The smallest absolute Gasteiger partial charge is 0.194 e. The molecule has 72 valence electrons. The van der Waals surface area contributed by atoms with E-state index < -0.39 is 0 Å². The molecule has 0 fully saturated rings. The lowest BCUT2D eigenvalue weighted by Crippen LogP contribution is -2.24. The summed E-state index contributed by atoms with van der Waals surface area (Å²) in [6.45, 7) is 1.08. The first-order valence-corrected chi connectivity index (χ1v) is 4.30. The van der Waals surface area contributed by atoms with Gasteiger partial charge in [0.25, 0.3) is 0 Å². The lowest BCUT2D eigenvalue weighted by atomic mass is 10.4. The van der Waals surface area contributed by atoms with Crippen LogP contribution in [0, 0.1) is 0 Å². The Labute approximate surface area is 80.2 Å². The fourth-order valence-electron chi connectivity index (χ4n) is 1.55. The molecule has 1 aromatic rings. The summed E-state index contributed by atoms with van der Waals surface area (Å²) in [4.78, 5) is 6.89. The number of aromatic nitrogens is 2. The molecular weight excluding hydrogens is 182 g/mol. The molecule has 2 aliphatic rings. The molecule has 0 unspecified atom stereocenters. The molecule has 0 spiro atoms. The fraction of sp³-hybridized carbons (Fsp3) is 0.250. The zero-order valence-corrected chi connectivity index (χ0v) is 7.42. The van der Waals surface area contributed by atoms with Gasteiger partial charge in [-0.2, -0.15) is 5.10 Å². The van der Waals surface area contributed by atoms with Crippen molar-refractivity contribution < 1.29 is 4.84 Å². The molecule has 3 rings (SSSR count). The molecule has 0 aromatic carbocycles. The lowest BCUT2D eigenvalue weighted by molar-refractivity contribution is 0.127. The number of nitrogens with two attached hydrogens (primary N) is 1. The minimum Gasteiger partial charge on any atom is -0.382 e. The molecule has 1 aromatic heterocycles. The second-order valence-electron chi connectivity index (χ2n) is 3.20. The van der Waals surface area contributed by atoms with Gasteiger partial charge in [0.2, 0.25) is 0 Å². The maximum absolute atomic E-state index is 5.60. The lowest BCUT2D eigenvalue weighted by Gasteiger charge is -2.08. The Hall–Kier alpha value is -1.98. The average molecular weight is 191 g/mol. The number of amidine groups is 1. The number of nitrogen functional groups attached to an aromatic ring is 1. The van der Waals surface area contributed by atoms with Crippen molar-refractivity contribution in [3.05, 3.63) is 18.0 Å². The first-order chi connectivity index (χ1) is 6.83. The standard InChI is InChI=1S/C8H9N5O/c9-7-3-6-1-2-12-5-14-11-8(12)4-13(6)10-7/h1-3H,4-5H2,(H2,9,10). The van der Waals surface area contributed by atoms with Crippen LogP contribution in [-0.2, 0) is 11.4 Å². The van der Waals surface area contributed by atoms with E-state index in [1.807, 2.05) is 23.2 Å². The molecule has 0 aliphatic carbocycles. The SMILES string of the molecule is Nc1cc2n(n1)CC1=NOCN1C=C2. The van der Waals surface area contributed by atoms with Gasteiger partial charge in [-0.25, -0.2) is 0 Å². The zero-order valence-electron chi connectivity index (χ0n) is 7.42. The summed E-state index contributed by atoms with van der Waals surface area (Å²) >= 11 is 0. The Morgan fingerprint density at radius 1 is 1.50 bits per heavy atom. The van der Waals surface area contributed by atoms with E-state index in [4.69, 9.17) is 10.6 Å². The Kier molecular flexibility index (Phi) is 1.33. The third-order valence-electron chi connectivity index (χ3n) is 2.24. The second-order valence-corrected chi connectivity index (χ2v) is 3.20. The normalized spacial score (nSPS) is 18.3. The van der Waals surface area contributed by atoms with E-state index in [0.717, 1.165) is 11.5 Å². The topological polar surface area (TPSA) is 68.7 Å². The minimum atomic E-state index is 0.478. The number of rotatable bonds is 0. The summed E-state index contributed by atoms with van der Waals surface area (Å²) in [5.41, 5.74) is 6.58. The van der Waals surface area contributed by atoms with E-state index in [2.05, 4.69) is 10.3 Å². The molecule has 0 radical (unpaired) electrons. The summed E-state index contributed by atoms with van der Waals surface area (Å²) in [6.07, 6.45) is 3.87. The molecule has 14 heavy (non-hydrogen) atoms. The summed E-state index contributed by atoms with van der Waals surface area (Å²) in [7, 11) is 0. The Bertz CT molecular complexity index is 433. The van der Waals surface area contributed by atoms with Crippen LogP contribution in [0.25, 0.3) is 6.08 Å². The molecule has 0 bridgehead atoms. The van der Waals surface area contributed by atoms with Gasteiger partial charge in [-0.1, -0.05) is 5.16 Å². The largest absolute Gasteiger partial charge is 0.382 e. The van der Waals surface area contributed by atoms with Gasteiger partial charge in [-0.15, -0.1) is 0 Å². The van der Waals surface area contributed by atoms with Crippen LogP contribution in [0.3, 0.4) is 0 Å². The van der Waals surface area contributed by atoms with Crippen LogP contribution in [0.5, 0.6) is 0 Å². The Morgan fingerprint density at radius 3 is 3.36 bits per heavy atom. The van der Waals surface area contributed by atoms with Crippen LogP contribution in [-0.4, -0.2) is 27.2 Å². The Morgan fingerprint density at radius 2 is 2.43 bits per heavy atom. The quantitative estimate of drug-likeness (QED) is 0.629. The van der Waals surface area contributed by atoms with Gasteiger partial charge in [-0.3, -0.25) is 9.58 Å². The van der Waals surface area contributed by atoms with Crippen LogP contribution in [0.2, 0.25) is 0 Å². The minimum absolute atomic E-state index is 0.478. The first kappa shape index (κ1) is 7.43. The third-order valence-corrected chi connectivity index (χ3v) is 2.24. The van der Waals surface area contributed by atoms with Crippen molar-refractivity contribution in [1.29, 1.82) is 0 Å². The van der Waals surface area contributed by atoms with Crippen molar-refractivity contribution in [2.24, 2.45) is 5.16 Å². The predicted octanol–water partition coefficient (Wildman–Crippen LogP) is 0.0528. The first-order valence-electron chi connectivity index (χ1n) is 4.30. The van der Waals surface area contributed by atoms with E-state index >= 15 is 0 Å². The average Bonchev–Trinajstić information content (AvgIpc) is 2.69. The third kappa shape index (κ3) is 0.968. The molecule has 6 nitrogen and oxygen atoms in total. The predicted molar refractivity (Wildman–Crippen MR) is 50.9 cm³/mol. The van der Waals surface area contributed by atoms with Crippen LogP contribution in [0.4, 0.5) is 5.82 Å². The monoisotopic (exact) mass is 191 g/mol. The van der Waals surface area contributed by atoms with Gasteiger partial charge in [0, 0.05) is 12.3 Å². The molecule has 0 saturated carbocycles. The van der Waals surface area contributed by atoms with E-state index in [0.29, 0.717) is 19.1 Å². The highest BCUT2D eigenvalue weighted by atomic mass is 16.7. The molecular formula is C8H9N5O. The summed E-state index contributed by atoms with van der Waals surface area (Å²) < 4.78 is 1.80. The maximum atomic E-state index is 5.60. The molecule has 6 heteroatoms. The summed E-state index contributed by atoms with van der Waals surface area (Å²) in [6, 6.07) is 1.83. The van der Waals surface area contributed by atoms with Gasteiger partial charge in [0.15, 0.2) is 12.6 Å². The highest BCUT2D eigenvalue weighted by molar-refractivity contribution is 5.85. The van der Waals surface area contributed by atoms with E-state index in [-0.39, 0.29) is 0 Å². The zero-order chi connectivity index (χ0) is 9.54. The molecule has 0 saturated heterocycles. The molecule has 0 amide bonds. The number of hydrogen-bond acceptors (Lipinski definition) is 5. The van der Waals surface area contributed by atoms with E-state index in [9.17, 15) is 0 Å². The van der Waals surface area contributed by atoms with Gasteiger partial charge in [0.1, 0.15) is 12.4 Å². The van der Waals surface area contributed by atoms with Crippen molar-refractivity contribution in [3.63, 3.8) is 0 Å². The van der Waals surface area contributed by atoms with Crippen LogP contribution in [0.1, 0.15) is 5.69 Å². The second kappa shape index (κ2) is 2.50. The van der Waals surface area contributed by atoms with E-state index in [1.54, 1.807) is 4.68 Å². The summed E-state index contributed by atoms with van der Waals surface area (Å²) in [5, 5.41) is 8.07. The summed E-state index contributed by atoms with van der Waals surface area (Å²) in [5.74, 6) is 1.38. The highest BCUT2D eigenvalue weighted by Crippen LogP contribution is 2.16. The van der Waals surface area contributed by atoms with E-state index in [1.165, 1.54) is 0 Å². The van der Waals surface area contributed by atoms with Crippen molar-refractivity contribution >= 4 is 17.7 Å². The molecule has 2 aliphatic heterocycles. The molecule has 3 heterocycles. The number of anilines is 1. The van der Waals surface area contributed by atoms with Gasteiger partial charge in [-0.05, 0) is 6.08 Å². The maximum Gasteiger partial charge on any atom is 0.194 e. The van der Waals surface area contributed by atoms with Crippen LogP contribution >= 0.6 is 0 Å². The van der Waals surface area contributed by atoms with Gasteiger partial charge < -0.3 is 10.6 Å². The number of hydrogen-bond donors (Lipinski definition) is 1. The highest BCUT2D eigenvalue weighted by Gasteiger charge is 2.21. The molecule has 2 N–H and O–H groups in total. The fourth-order valence-corrected chi connectivity index (χ4v) is 1.55. The number of fused-ring (bicyclic) bond motifs is 2. The number of oxime groups is 1. The van der Waals surface area contributed by atoms with Gasteiger partial charge in [0.05, 0.1) is 5.69 Å². The van der Waals surface area contributed by atoms with Gasteiger partial charge >= 0.3 is 0 Å². The van der Waals surface area contributed by atoms with Crippen molar-refractivity contribution in [3.8, 4) is 0 Å². The van der Waals surface area contributed by atoms with Crippen molar-refractivity contribution in [2.75, 3.05) is 12.5 Å². The number of nitrogens with zero attached hydrogens (tertiary/aromatic N) is 4. The van der Waals surface area contributed by atoms with Crippen molar-refractivity contribution in [1.82, 2.24) is 14.7 Å². The molecule has 0 atom stereocenters. The van der Waals surface area contributed by atoms with Crippen molar-refractivity contribution in [2.45, 2.75) is 6.54 Å². The van der Waals surface area contributed by atoms with Crippen LogP contribution in [0.15, 0.2) is 17.4 Å². The Balaban J connectivity index is 2.07. The van der Waals surface area contributed by atoms with Crippen LogP contribution < -0.4 is 5.73 Å².